The maximum Gasteiger partial charge on any atom is 0.416 e. The van der Waals surface area contributed by atoms with Crippen LogP contribution in [0.5, 0.6) is 0 Å². The number of hydrogen-bond acceptors (Lipinski definition) is 4. The predicted molar refractivity (Wildman–Crippen MR) is 130 cm³/mol. The lowest BCUT2D eigenvalue weighted by Gasteiger charge is -2.17. The molecule has 4 N–H and O–H groups in total. The number of anilines is 1. The second-order valence-electron chi connectivity index (χ2n) is 8.34. The fourth-order valence-corrected chi connectivity index (χ4v) is 3.95. The van der Waals surface area contributed by atoms with Crippen LogP contribution in [0, 0.1) is 0 Å². The molecule has 1 aliphatic heterocycles. The zero-order valence-electron chi connectivity index (χ0n) is 19.5. The van der Waals surface area contributed by atoms with E-state index in [0.29, 0.717) is 24.2 Å². The second-order valence-corrected chi connectivity index (χ2v) is 8.78. The first-order valence-corrected chi connectivity index (χ1v) is 11.7. The molecule has 3 rings (SSSR count). The van der Waals surface area contributed by atoms with Gasteiger partial charge in [0, 0.05) is 37.2 Å². The van der Waals surface area contributed by atoms with Crippen LogP contribution < -0.4 is 21.3 Å². The summed E-state index contributed by atoms with van der Waals surface area (Å²) in [5.74, 6) is -1.38. The minimum atomic E-state index is -4.68. The van der Waals surface area contributed by atoms with E-state index in [0.717, 1.165) is 30.7 Å². The molecule has 0 aliphatic carbocycles. The third-order valence-corrected chi connectivity index (χ3v) is 5.80. The van der Waals surface area contributed by atoms with Gasteiger partial charge in [-0.3, -0.25) is 14.5 Å². The van der Waals surface area contributed by atoms with Crippen molar-refractivity contribution in [2.24, 2.45) is 0 Å². The van der Waals surface area contributed by atoms with Gasteiger partial charge in [0.25, 0.3) is 5.91 Å². The number of halogens is 4. The van der Waals surface area contributed by atoms with Gasteiger partial charge in [-0.2, -0.15) is 13.2 Å². The molecule has 0 saturated carbocycles. The molecule has 2 aromatic rings. The van der Waals surface area contributed by atoms with Crippen molar-refractivity contribution in [1.29, 1.82) is 0 Å². The number of hydrogen-bond donors (Lipinski definition) is 4. The molecule has 0 aromatic heterocycles. The van der Waals surface area contributed by atoms with Gasteiger partial charge in [-0.05, 0) is 49.2 Å². The van der Waals surface area contributed by atoms with Crippen LogP contribution >= 0.6 is 11.6 Å². The highest BCUT2D eigenvalue weighted by Crippen LogP contribution is 2.32. The molecule has 0 radical (unpaired) electrons. The second kappa shape index (κ2) is 12.1. The molecular formula is C24H27ClF3N5O3. The summed E-state index contributed by atoms with van der Waals surface area (Å²) in [6, 6.07) is 9.12. The van der Waals surface area contributed by atoms with E-state index in [1.165, 1.54) is 0 Å². The van der Waals surface area contributed by atoms with Crippen molar-refractivity contribution < 1.29 is 27.6 Å². The van der Waals surface area contributed by atoms with Gasteiger partial charge in [-0.15, -0.1) is 0 Å². The first kappa shape index (κ1) is 27.3. The first-order valence-electron chi connectivity index (χ1n) is 11.4. The van der Waals surface area contributed by atoms with Crippen LogP contribution in [-0.4, -0.2) is 55.0 Å². The lowest BCUT2D eigenvalue weighted by atomic mass is 10.1. The normalized spacial score (nSPS) is 15.9. The topological polar surface area (TPSA) is 103 Å². The third-order valence-electron chi connectivity index (χ3n) is 5.54. The zero-order chi connectivity index (χ0) is 26.3. The molecule has 1 aliphatic rings. The SMILES string of the molecule is CCNC(=O)Nc1ccc(C(F)(F)F)cc1C(=O)NCC(=O)N[C@@H]1CCN(Cc2ccc(Cl)cc2)C1. The summed E-state index contributed by atoms with van der Waals surface area (Å²) in [4.78, 5) is 39.1. The molecule has 0 bridgehead atoms. The van der Waals surface area contributed by atoms with Crippen molar-refractivity contribution in [3.63, 3.8) is 0 Å². The van der Waals surface area contributed by atoms with Crippen molar-refractivity contribution in [3.05, 3.63) is 64.2 Å². The van der Waals surface area contributed by atoms with Crippen LogP contribution in [0.25, 0.3) is 0 Å². The number of nitrogens with zero attached hydrogens (tertiary/aromatic N) is 1. The third kappa shape index (κ3) is 7.85. The molecule has 1 fully saturated rings. The Hall–Kier alpha value is -3.31. The lowest BCUT2D eigenvalue weighted by Crippen LogP contribution is -2.43. The number of nitrogens with one attached hydrogen (secondary N) is 4. The number of amides is 4. The van der Waals surface area contributed by atoms with E-state index >= 15 is 0 Å². The van der Waals surface area contributed by atoms with Crippen molar-refractivity contribution >= 4 is 35.1 Å². The van der Waals surface area contributed by atoms with Crippen molar-refractivity contribution in [3.8, 4) is 0 Å². The molecular weight excluding hydrogens is 499 g/mol. The minimum absolute atomic E-state index is 0.111. The largest absolute Gasteiger partial charge is 0.416 e. The van der Waals surface area contributed by atoms with Crippen molar-refractivity contribution in [2.75, 3.05) is 31.5 Å². The number of alkyl halides is 3. The Labute approximate surface area is 211 Å². The number of rotatable bonds is 8. The summed E-state index contributed by atoms with van der Waals surface area (Å²) < 4.78 is 39.5. The number of carbonyl (C=O) groups is 3. The van der Waals surface area contributed by atoms with E-state index in [4.69, 9.17) is 11.6 Å². The van der Waals surface area contributed by atoms with Gasteiger partial charge < -0.3 is 21.3 Å². The van der Waals surface area contributed by atoms with Crippen LogP contribution in [0.1, 0.15) is 34.8 Å². The highest BCUT2D eigenvalue weighted by atomic mass is 35.5. The number of benzene rings is 2. The number of likely N-dealkylation sites (tertiary alicyclic amines) is 1. The molecule has 12 heteroatoms. The van der Waals surface area contributed by atoms with Crippen LogP contribution in [0.3, 0.4) is 0 Å². The maximum atomic E-state index is 13.2. The standard InChI is InChI=1S/C24H27ClF3N5O3/c1-2-29-23(36)32-20-8-5-16(24(26,27)28)11-19(20)22(35)30-12-21(34)31-18-9-10-33(14-18)13-15-3-6-17(25)7-4-15/h3-8,11,18H,2,9-10,12-14H2,1H3,(H,30,35)(H,31,34)(H2,29,32,36)/t18-/m1/s1. The molecule has 1 saturated heterocycles. The molecule has 2 aromatic carbocycles. The smallest absolute Gasteiger partial charge is 0.350 e. The van der Waals surface area contributed by atoms with Crippen molar-refractivity contribution in [1.82, 2.24) is 20.9 Å². The first-order chi connectivity index (χ1) is 17.0. The van der Waals surface area contributed by atoms with Gasteiger partial charge in [0.15, 0.2) is 0 Å². The summed E-state index contributed by atoms with van der Waals surface area (Å²) in [6.45, 7) is 3.63. The van der Waals surface area contributed by atoms with E-state index in [1.807, 2.05) is 24.3 Å². The number of carbonyl (C=O) groups excluding carboxylic acids is 3. The Morgan fingerprint density at radius 3 is 2.47 bits per heavy atom. The average molecular weight is 526 g/mol. The fraction of sp³-hybridized carbons (Fsp3) is 0.375. The summed E-state index contributed by atoms with van der Waals surface area (Å²) in [7, 11) is 0. The lowest BCUT2D eigenvalue weighted by molar-refractivity contribution is -0.137. The Morgan fingerprint density at radius 1 is 1.08 bits per heavy atom. The molecule has 194 valence electrons. The van der Waals surface area contributed by atoms with Crippen molar-refractivity contribution in [2.45, 2.75) is 32.1 Å². The van der Waals surface area contributed by atoms with Crippen LogP contribution in [0.2, 0.25) is 5.02 Å². The van der Waals surface area contributed by atoms with E-state index in [1.54, 1.807) is 6.92 Å². The molecule has 1 heterocycles. The van der Waals surface area contributed by atoms with E-state index < -0.39 is 41.7 Å². The maximum absolute atomic E-state index is 13.2. The molecule has 36 heavy (non-hydrogen) atoms. The van der Waals surface area contributed by atoms with E-state index in [2.05, 4.69) is 26.2 Å². The Balaban J connectivity index is 1.56. The fourth-order valence-electron chi connectivity index (χ4n) is 3.82. The Bertz CT molecular complexity index is 1100. The van der Waals surface area contributed by atoms with Crippen LogP contribution in [0.15, 0.2) is 42.5 Å². The highest BCUT2D eigenvalue weighted by Gasteiger charge is 2.32. The van der Waals surface area contributed by atoms with Gasteiger partial charge in [-0.25, -0.2) is 4.79 Å². The number of urea groups is 1. The molecule has 0 spiro atoms. The Morgan fingerprint density at radius 2 is 1.81 bits per heavy atom. The quantitative estimate of drug-likeness (QED) is 0.423. The summed E-state index contributed by atoms with van der Waals surface area (Å²) in [5.41, 5.74) is -0.471. The average Bonchev–Trinajstić information content (AvgIpc) is 3.25. The van der Waals surface area contributed by atoms with Gasteiger partial charge >= 0.3 is 12.2 Å². The van der Waals surface area contributed by atoms with E-state index in [-0.39, 0.29) is 18.3 Å². The van der Waals surface area contributed by atoms with E-state index in [9.17, 15) is 27.6 Å². The van der Waals surface area contributed by atoms with Gasteiger partial charge in [0.2, 0.25) is 5.91 Å². The molecule has 8 nitrogen and oxygen atoms in total. The predicted octanol–water partition coefficient (Wildman–Crippen LogP) is 3.62. The van der Waals surface area contributed by atoms with Crippen LogP contribution in [0.4, 0.5) is 23.7 Å². The molecule has 0 unspecified atom stereocenters. The molecule has 4 amide bonds. The van der Waals surface area contributed by atoms with Gasteiger partial charge in [0.05, 0.1) is 23.4 Å². The van der Waals surface area contributed by atoms with Gasteiger partial charge in [0.1, 0.15) is 0 Å². The minimum Gasteiger partial charge on any atom is -0.350 e. The molecule has 1 atom stereocenters. The summed E-state index contributed by atoms with van der Waals surface area (Å²) in [6.07, 6.45) is -3.96. The highest BCUT2D eigenvalue weighted by molar-refractivity contribution is 6.30. The zero-order valence-corrected chi connectivity index (χ0v) is 20.3. The summed E-state index contributed by atoms with van der Waals surface area (Å²) in [5, 5.41) is 10.6. The Kier molecular flexibility index (Phi) is 9.16. The van der Waals surface area contributed by atoms with Gasteiger partial charge in [-0.1, -0.05) is 23.7 Å². The monoisotopic (exact) mass is 525 g/mol. The summed E-state index contributed by atoms with van der Waals surface area (Å²) >= 11 is 5.91. The van der Waals surface area contributed by atoms with Crippen LogP contribution in [-0.2, 0) is 17.5 Å².